The molecule has 2 aromatic rings. The number of guanidine groups is 1. The van der Waals surface area contributed by atoms with Crippen LogP contribution < -0.4 is 10.6 Å². The Bertz CT molecular complexity index is 838. The maximum absolute atomic E-state index is 12.1. The van der Waals surface area contributed by atoms with Crippen molar-refractivity contribution < 1.29 is 4.21 Å². The van der Waals surface area contributed by atoms with Crippen molar-refractivity contribution in [2.24, 2.45) is 4.99 Å². The molecule has 0 radical (unpaired) electrons. The molecule has 3 atom stereocenters. The molecule has 8 heteroatoms. The summed E-state index contributed by atoms with van der Waals surface area (Å²) in [6.07, 6.45) is 5.15. The van der Waals surface area contributed by atoms with Crippen LogP contribution in [0.25, 0.3) is 10.6 Å². The molecule has 1 aliphatic rings. The fourth-order valence-electron chi connectivity index (χ4n) is 3.70. The molecule has 3 rings (SSSR count). The van der Waals surface area contributed by atoms with Crippen molar-refractivity contribution in [2.45, 2.75) is 57.2 Å². The first kappa shape index (κ1) is 25.3. The lowest BCUT2D eigenvalue weighted by Gasteiger charge is -2.30. The third-order valence-corrected chi connectivity index (χ3v) is 8.05. The van der Waals surface area contributed by atoms with E-state index < -0.39 is 10.8 Å². The molecule has 2 N–H and O–H groups in total. The fourth-order valence-corrected chi connectivity index (χ4v) is 5.91. The largest absolute Gasteiger partial charge is 0.356 e. The second-order valence-electron chi connectivity index (χ2n) is 7.56. The lowest BCUT2D eigenvalue weighted by Crippen LogP contribution is -2.47. The van der Waals surface area contributed by atoms with Crippen LogP contribution in [-0.2, 0) is 17.2 Å². The summed E-state index contributed by atoms with van der Waals surface area (Å²) in [6.45, 7) is 4.89. The number of aryl methyl sites for hydroxylation is 1. The van der Waals surface area contributed by atoms with Crippen molar-refractivity contribution in [1.29, 1.82) is 0 Å². The summed E-state index contributed by atoms with van der Waals surface area (Å²) in [6, 6.07) is 8.86. The Hall–Kier alpha value is -1.000. The highest BCUT2D eigenvalue weighted by Crippen LogP contribution is 2.24. The van der Waals surface area contributed by atoms with E-state index >= 15 is 0 Å². The minimum absolute atomic E-state index is 0. The van der Waals surface area contributed by atoms with Gasteiger partial charge in [0, 0.05) is 58.8 Å². The molecule has 30 heavy (non-hydrogen) atoms. The van der Waals surface area contributed by atoms with Crippen molar-refractivity contribution in [3.8, 4) is 10.6 Å². The highest BCUT2D eigenvalue weighted by Gasteiger charge is 2.26. The first-order chi connectivity index (χ1) is 14.1. The van der Waals surface area contributed by atoms with Gasteiger partial charge in [-0.2, -0.15) is 0 Å². The van der Waals surface area contributed by atoms with Gasteiger partial charge in [-0.05, 0) is 26.2 Å². The number of hydrogen-bond donors (Lipinski definition) is 2. The normalized spacial score (nSPS) is 20.3. The van der Waals surface area contributed by atoms with E-state index in [2.05, 4.69) is 52.2 Å². The van der Waals surface area contributed by atoms with Crippen LogP contribution in [0, 0.1) is 6.92 Å². The minimum atomic E-state index is -0.704. The zero-order valence-electron chi connectivity index (χ0n) is 18.0. The summed E-state index contributed by atoms with van der Waals surface area (Å²) >= 11 is 1.69. The number of aliphatic imine (C=N–C) groups is 1. The molecule has 0 saturated heterocycles. The Morgan fingerprint density at radius 2 is 2.07 bits per heavy atom. The summed E-state index contributed by atoms with van der Waals surface area (Å²) in [7, 11) is 1.10. The highest BCUT2D eigenvalue weighted by atomic mass is 127. The van der Waals surface area contributed by atoms with Crippen LogP contribution in [0.4, 0.5) is 0 Å². The summed E-state index contributed by atoms with van der Waals surface area (Å²) < 4.78 is 12.1. The minimum Gasteiger partial charge on any atom is -0.356 e. The van der Waals surface area contributed by atoms with Gasteiger partial charge in [0.2, 0.25) is 0 Å². The molecule has 1 aromatic carbocycles. The average Bonchev–Trinajstić information content (AvgIpc) is 3.22. The quantitative estimate of drug-likeness (QED) is 0.297. The van der Waals surface area contributed by atoms with Crippen molar-refractivity contribution in [3.05, 3.63) is 40.9 Å². The Morgan fingerprint density at radius 1 is 1.30 bits per heavy atom. The number of nitrogens with zero attached hydrogens (tertiary/aromatic N) is 2. The smallest absolute Gasteiger partial charge is 0.191 e. The van der Waals surface area contributed by atoms with Gasteiger partial charge in [0.1, 0.15) is 5.01 Å². The lowest BCUT2D eigenvalue weighted by atomic mass is 9.95. The molecule has 1 heterocycles. The van der Waals surface area contributed by atoms with Gasteiger partial charge in [0.25, 0.3) is 0 Å². The summed E-state index contributed by atoms with van der Waals surface area (Å²) in [4.78, 5) is 9.14. The number of rotatable bonds is 7. The molecule has 1 saturated carbocycles. The van der Waals surface area contributed by atoms with E-state index in [1.807, 2.05) is 6.92 Å². The van der Waals surface area contributed by atoms with E-state index in [1.165, 1.54) is 11.1 Å². The van der Waals surface area contributed by atoms with Gasteiger partial charge < -0.3 is 10.6 Å². The van der Waals surface area contributed by atoms with Gasteiger partial charge in [-0.25, -0.2) is 4.98 Å². The Morgan fingerprint density at radius 3 is 2.77 bits per heavy atom. The number of halogens is 1. The molecule has 5 nitrogen and oxygen atoms in total. The van der Waals surface area contributed by atoms with Crippen molar-refractivity contribution in [2.75, 3.05) is 19.3 Å². The van der Waals surface area contributed by atoms with Gasteiger partial charge in [-0.1, -0.05) is 43.2 Å². The summed E-state index contributed by atoms with van der Waals surface area (Å²) in [5.74, 6) is 1.58. The fraction of sp³-hybridized carbons (Fsp3) is 0.545. The van der Waals surface area contributed by atoms with Crippen LogP contribution in [0.15, 0.2) is 34.6 Å². The molecule has 1 aromatic heterocycles. The van der Waals surface area contributed by atoms with Crippen LogP contribution >= 0.6 is 35.3 Å². The van der Waals surface area contributed by atoms with E-state index in [0.717, 1.165) is 61.1 Å². The molecule has 0 amide bonds. The molecule has 1 fully saturated rings. The summed E-state index contributed by atoms with van der Waals surface area (Å²) in [5.41, 5.74) is 3.54. The number of thiazole rings is 1. The van der Waals surface area contributed by atoms with Crippen molar-refractivity contribution in [1.82, 2.24) is 15.6 Å². The number of aromatic nitrogens is 1. The van der Waals surface area contributed by atoms with Gasteiger partial charge in [0.05, 0.1) is 5.69 Å². The van der Waals surface area contributed by atoms with E-state index in [4.69, 9.17) is 4.98 Å². The molecule has 166 valence electrons. The molecule has 3 unspecified atom stereocenters. The summed E-state index contributed by atoms with van der Waals surface area (Å²) in [5, 5.41) is 10.5. The topological polar surface area (TPSA) is 66.4 Å². The lowest BCUT2D eigenvalue weighted by molar-refractivity contribution is 0.413. The molecular weight excluding hydrogens is 527 g/mol. The average molecular weight is 561 g/mol. The first-order valence-corrected chi connectivity index (χ1v) is 12.7. The number of benzene rings is 1. The van der Waals surface area contributed by atoms with Gasteiger partial charge in [-0.3, -0.25) is 9.20 Å². The zero-order chi connectivity index (χ0) is 20.6. The first-order valence-electron chi connectivity index (χ1n) is 10.4. The van der Waals surface area contributed by atoms with Crippen molar-refractivity contribution in [3.63, 3.8) is 0 Å². The SMILES string of the molecule is CCS(=O)C1CCCC(NC(=NC)NCCc2csc(-c3ccc(C)cc3)n2)C1.I. The van der Waals surface area contributed by atoms with Crippen molar-refractivity contribution >= 4 is 52.1 Å². The molecule has 0 bridgehead atoms. The van der Waals surface area contributed by atoms with Gasteiger partial charge in [-0.15, -0.1) is 35.3 Å². The third kappa shape index (κ3) is 7.30. The Labute approximate surface area is 204 Å². The predicted octanol–water partition coefficient (Wildman–Crippen LogP) is 4.52. The predicted molar refractivity (Wildman–Crippen MR) is 141 cm³/mol. The number of nitrogens with one attached hydrogen (secondary N) is 2. The van der Waals surface area contributed by atoms with Gasteiger partial charge >= 0.3 is 0 Å². The Balaban J connectivity index is 0.00000320. The van der Waals surface area contributed by atoms with Crippen LogP contribution in [-0.4, -0.2) is 45.8 Å². The standard InChI is InChI=1S/C22H32N4OS2.HI/c1-4-29(27)20-7-5-6-18(14-20)26-22(23-3)24-13-12-19-15-28-21(25-19)17-10-8-16(2)9-11-17;/h8-11,15,18,20H,4-7,12-14H2,1-3H3,(H2,23,24,26);1H. The highest BCUT2D eigenvalue weighted by molar-refractivity contribution is 14.0. The maximum atomic E-state index is 12.1. The van der Waals surface area contributed by atoms with E-state index in [-0.39, 0.29) is 24.0 Å². The number of hydrogen-bond acceptors (Lipinski definition) is 4. The monoisotopic (exact) mass is 560 g/mol. The van der Waals surface area contributed by atoms with Crippen LogP contribution in [0.3, 0.4) is 0 Å². The van der Waals surface area contributed by atoms with E-state index in [0.29, 0.717) is 11.3 Å². The zero-order valence-corrected chi connectivity index (χ0v) is 22.0. The maximum Gasteiger partial charge on any atom is 0.191 e. The van der Waals surface area contributed by atoms with E-state index in [9.17, 15) is 4.21 Å². The van der Waals surface area contributed by atoms with Crippen LogP contribution in [0.2, 0.25) is 0 Å². The van der Waals surface area contributed by atoms with Gasteiger partial charge in [0.15, 0.2) is 5.96 Å². The molecule has 1 aliphatic carbocycles. The Kier molecular flexibility index (Phi) is 10.7. The second kappa shape index (κ2) is 12.8. The molecular formula is C22H33IN4OS2. The molecule has 0 aliphatic heterocycles. The van der Waals surface area contributed by atoms with Crippen LogP contribution in [0.1, 0.15) is 43.9 Å². The van der Waals surface area contributed by atoms with E-state index in [1.54, 1.807) is 18.4 Å². The third-order valence-electron chi connectivity index (χ3n) is 5.37. The second-order valence-corrected chi connectivity index (χ2v) is 10.4. The van der Waals surface area contributed by atoms with Crippen LogP contribution in [0.5, 0.6) is 0 Å². The molecule has 0 spiro atoms.